The Hall–Kier alpha value is -2.55. The summed E-state index contributed by atoms with van der Waals surface area (Å²) in [7, 11) is -3.53. The molecular formula is C22H23N3O3S2. The second-order valence-electron chi connectivity index (χ2n) is 7.15. The molecule has 0 aromatic heterocycles. The van der Waals surface area contributed by atoms with Crippen LogP contribution in [-0.2, 0) is 14.8 Å². The highest BCUT2D eigenvalue weighted by atomic mass is 32.2. The Morgan fingerprint density at radius 2 is 1.57 bits per heavy atom. The first-order chi connectivity index (χ1) is 14.5. The third-order valence-corrected chi connectivity index (χ3v) is 7.44. The molecule has 0 aliphatic carbocycles. The highest BCUT2D eigenvalue weighted by molar-refractivity contribution is 7.89. The molecule has 1 saturated heterocycles. The summed E-state index contributed by atoms with van der Waals surface area (Å²) in [6.07, 6.45) is 0. The molecule has 0 radical (unpaired) electrons. The Morgan fingerprint density at radius 3 is 2.23 bits per heavy atom. The van der Waals surface area contributed by atoms with Crippen molar-refractivity contribution >= 4 is 50.7 Å². The van der Waals surface area contributed by atoms with E-state index >= 15 is 0 Å². The first-order valence-electron chi connectivity index (χ1n) is 9.72. The van der Waals surface area contributed by atoms with Gasteiger partial charge >= 0.3 is 0 Å². The van der Waals surface area contributed by atoms with Crippen molar-refractivity contribution in [3.05, 3.63) is 66.7 Å². The minimum atomic E-state index is -3.53. The molecule has 1 N–H and O–H groups in total. The van der Waals surface area contributed by atoms with Gasteiger partial charge in [0.1, 0.15) is 0 Å². The lowest BCUT2D eigenvalue weighted by molar-refractivity contribution is -0.113. The molecule has 1 fully saturated rings. The van der Waals surface area contributed by atoms with E-state index in [-0.39, 0.29) is 11.7 Å². The van der Waals surface area contributed by atoms with Crippen molar-refractivity contribution in [2.45, 2.75) is 4.90 Å². The van der Waals surface area contributed by atoms with Gasteiger partial charge in [0.2, 0.25) is 15.9 Å². The summed E-state index contributed by atoms with van der Waals surface area (Å²) in [6.45, 7) is 2.06. The summed E-state index contributed by atoms with van der Waals surface area (Å²) in [5.41, 5.74) is 1.72. The van der Waals surface area contributed by atoms with Gasteiger partial charge in [-0.25, -0.2) is 8.42 Å². The molecule has 3 aromatic rings. The normalized spacial score (nSPS) is 15.3. The average Bonchev–Trinajstić information content (AvgIpc) is 2.79. The number of benzene rings is 3. The van der Waals surface area contributed by atoms with Crippen molar-refractivity contribution in [1.82, 2.24) is 4.31 Å². The zero-order valence-electron chi connectivity index (χ0n) is 16.4. The molecule has 0 unspecified atom stereocenters. The number of amides is 1. The van der Waals surface area contributed by atoms with Gasteiger partial charge in [-0.1, -0.05) is 30.3 Å². The molecule has 1 heterocycles. The molecule has 3 aromatic carbocycles. The SMILES string of the molecule is O=C(CS)Nc1ccc(N2CCN(S(=O)(=O)c3ccc4ccccc4c3)CC2)cc1. The highest BCUT2D eigenvalue weighted by Gasteiger charge is 2.28. The Bertz CT molecular complexity index is 1160. The van der Waals surface area contributed by atoms with Crippen LogP contribution in [0.15, 0.2) is 71.6 Å². The van der Waals surface area contributed by atoms with E-state index in [1.807, 2.05) is 54.6 Å². The maximum absolute atomic E-state index is 13.1. The van der Waals surface area contributed by atoms with Crippen LogP contribution in [0, 0.1) is 0 Å². The molecule has 0 spiro atoms. The van der Waals surface area contributed by atoms with Crippen LogP contribution >= 0.6 is 12.6 Å². The van der Waals surface area contributed by atoms with Gasteiger partial charge in [0.05, 0.1) is 10.6 Å². The smallest absolute Gasteiger partial charge is 0.243 e. The van der Waals surface area contributed by atoms with Crippen LogP contribution < -0.4 is 10.2 Å². The molecule has 1 aliphatic heterocycles. The summed E-state index contributed by atoms with van der Waals surface area (Å²) in [4.78, 5) is 13.9. The number of hydrogen-bond donors (Lipinski definition) is 2. The second-order valence-corrected chi connectivity index (χ2v) is 9.41. The molecule has 4 rings (SSSR count). The molecule has 0 atom stereocenters. The number of fused-ring (bicyclic) bond motifs is 1. The number of sulfonamides is 1. The largest absolute Gasteiger partial charge is 0.369 e. The van der Waals surface area contributed by atoms with Crippen molar-refractivity contribution < 1.29 is 13.2 Å². The van der Waals surface area contributed by atoms with Gasteiger partial charge in [-0.3, -0.25) is 4.79 Å². The van der Waals surface area contributed by atoms with Crippen LogP contribution in [0.25, 0.3) is 10.8 Å². The zero-order valence-corrected chi connectivity index (χ0v) is 18.1. The lowest BCUT2D eigenvalue weighted by Gasteiger charge is -2.35. The fraction of sp³-hybridized carbons (Fsp3) is 0.227. The fourth-order valence-corrected chi connectivity index (χ4v) is 5.16. The molecular weight excluding hydrogens is 418 g/mol. The van der Waals surface area contributed by atoms with Gasteiger partial charge in [0.25, 0.3) is 0 Å². The molecule has 156 valence electrons. The maximum atomic E-state index is 13.1. The average molecular weight is 442 g/mol. The molecule has 30 heavy (non-hydrogen) atoms. The van der Waals surface area contributed by atoms with E-state index in [0.29, 0.717) is 31.1 Å². The van der Waals surface area contributed by atoms with Gasteiger partial charge in [-0.15, -0.1) is 0 Å². The lowest BCUT2D eigenvalue weighted by atomic mass is 10.1. The number of carbonyl (C=O) groups excluding carboxylic acids is 1. The van der Waals surface area contributed by atoms with E-state index in [2.05, 4.69) is 22.8 Å². The van der Waals surface area contributed by atoms with Gasteiger partial charge < -0.3 is 10.2 Å². The van der Waals surface area contributed by atoms with Crippen molar-refractivity contribution in [1.29, 1.82) is 0 Å². The standard InChI is InChI=1S/C22H23N3O3S2/c26-22(16-29)23-19-6-8-20(9-7-19)24-11-13-25(14-12-24)30(27,28)21-10-5-17-3-1-2-4-18(17)15-21/h1-10,15,29H,11-14,16H2,(H,23,26). The Morgan fingerprint density at radius 1 is 0.900 bits per heavy atom. The van der Waals surface area contributed by atoms with Crippen LogP contribution in [0.5, 0.6) is 0 Å². The molecule has 6 nitrogen and oxygen atoms in total. The third kappa shape index (κ3) is 4.30. The van der Waals surface area contributed by atoms with Crippen LogP contribution in [-0.4, -0.2) is 50.6 Å². The number of hydrogen-bond acceptors (Lipinski definition) is 5. The first kappa shape index (κ1) is 20.7. The first-order valence-corrected chi connectivity index (χ1v) is 11.8. The fourth-order valence-electron chi connectivity index (χ4n) is 3.62. The van der Waals surface area contributed by atoms with Crippen LogP contribution in [0.2, 0.25) is 0 Å². The summed E-state index contributed by atoms with van der Waals surface area (Å²) in [6, 6.07) is 20.6. The van der Waals surface area contributed by atoms with Crippen molar-refractivity contribution in [3.63, 3.8) is 0 Å². The minimum absolute atomic E-state index is 0.134. The van der Waals surface area contributed by atoms with Gasteiger partial charge in [-0.05, 0) is 47.2 Å². The number of rotatable bonds is 5. The summed E-state index contributed by atoms with van der Waals surface area (Å²) < 4.78 is 27.8. The Balaban J connectivity index is 1.43. The monoisotopic (exact) mass is 441 g/mol. The van der Waals surface area contributed by atoms with Gasteiger partial charge in [0.15, 0.2) is 0 Å². The Kier molecular flexibility index (Phi) is 5.99. The van der Waals surface area contributed by atoms with Crippen molar-refractivity contribution in [3.8, 4) is 0 Å². The van der Waals surface area contributed by atoms with Crippen LogP contribution in [0.3, 0.4) is 0 Å². The van der Waals surface area contributed by atoms with Gasteiger partial charge in [-0.2, -0.15) is 16.9 Å². The van der Waals surface area contributed by atoms with Gasteiger partial charge in [0, 0.05) is 37.6 Å². The van der Waals surface area contributed by atoms with E-state index in [1.54, 1.807) is 16.4 Å². The molecule has 0 bridgehead atoms. The van der Waals surface area contributed by atoms with Crippen molar-refractivity contribution in [2.75, 3.05) is 42.1 Å². The lowest BCUT2D eigenvalue weighted by Crippen LogP contribution is -2.48. The Labute approximate surface area is 182 Å². The van der Waals surface area contributed by atoms with E-state index in [0.717, 1.165) is 22.1 Å². The van der Waals surface area contributed by atoms with E-state index in [4.69, 9.17) is 0 Å². The van der Waals surface area contributed by atoms with E-state index in [9.17, 15) is 13.2 Å². The van der Waals surface area contributed by atoms with Crippen LogP contribution in [0.1, 0.15) is 0 Å². The summed E-state index contributed by atoms with van der Waals surface area (Å²) in [5, 5.41) is 4.70. The van der Waals surface area contributed by atoms with E-state index < -0.39 is 10.0 Å². The van der Waals surface area contributed by atoms with Crippen molar-refractivity contribution in [2.24, 2.45) is 0 Å². The highest BCUT2D eigenvalue weighted by Crippen LogP contribution is 2.25. The van der Waals surface area contributed by atoms with Crippen LogP contribution in [0.4, 0.5) is 11.4 Å². The zero-order chi connectivity index (χ0) is 21.1. The molecule has 1 aliphatic rings. The maximum Gasteiger partial charge on any atom is 0.243 e. The number of thiol groups is 1. The quantitative estimate of drug-likeness (QED) is 0.597. The molecule has 0 saturated carbocycles. The summed E-state index contributed by atoms with van der Waals surface area (Å²) in [5.74, 6) is -0.0198. The summed E-state index contributed by atoms with van der Waals surface area (Å²) >= 11 is 3.95. The topological polar surface area (TPSA) is 69.7 Å². The molecule has 8 heteroatoms. The predicted molar refractivity (Wildman–Crippen MR) is 124 cm³/mol. The third-order valence-electron chi connectivity index (χ3n) is 5.26. The van der Waals surface area contributed by atoms with E-state index in [1.165, 1.54) is 0 Å². The predicted octanol–water partition coefficient (Wildman–Crippen LogP) is 3.22. The number of piperazine rings is 1. The molecule has 1 amide bonds. The number of anilines is 2. The second kappa shape index (κ2) is 8.67. The number of carbonyl (C=O) groups is 1. The number of nitrogens with one attached hydrogen (secondary N) is 1. The minimum Gasteiger partial charge on any atom is -0.369 e. The number of nitrogens with zero attached hydrogens (tertiary/aromatic N) is 2.